The lowest BCUT2D eigenvalue weighted by Crippen LogP contribution is -2.13. The number of thiol groups is 1. The Morgan fingerprint density at radius 1 is 1.14 bits per heavy atom. The van der Waals surface area contributed by atoms with Crippen LogP contribution in [0.4, 0.5) is 0 Å². The molecule has 110 valence electrons. The second-order valence-electron chi connectivity index (χ2n) is 6.45. The fourth-order valence-electron chi connectivity index (χ4n) is 3.61. The molecular formula is C20H24S. The Bertz CT molecular complexity index is 669. The van der Waals surface area contributed by atoms with Crippen molar-refractivity contribution in [2.24, 2.45) is 11.8 Å². The maximum Gasteiger partial charge on any atom is 0.00463 e. The second kappa shape index (κ2) is 6.27. The molecule has 1 aliphatic rings. The molecule has 21 heavy (non-hydrogen) atoms. The first kappa shape index (κ1) is 14.7. The van der Waals surface area contributed by atoms with E-state index in [1.807, 2.05) is 0 Å². The smallest absolute Gasteiger partial charge is 0.00463 e. The SMILES string of the molecule is CCC(Cc1ccc2cc(S)ccc2c1)C1C=C(C)CC1. The first-order chi connectivity index (χ1) is 10.2. The molecule has 0 bridgehead atoms. The summed E-state index contributed by atoms with van der Waals surface area (Å²) >= 11 is 4.42. The van der Waals surface area contributed by atoms with Gasteiger partial charge in [-0.25, -0.2) is 0 Å². The van der Waals surface area contributed by atoms with Gasteiger partial charge in [0.05, 0.1) is 0 Å². The third-order valence-corrected chi connectivity index (χ3v) is 5.16. The highest BCUT2D eigenvalue weighted by atomic mass is 32.1. The predicted molar refractivity (Wildman–Crippen MR) is 95.2 cm³/mol. The minimum absolute atomic E-state index is 0.782. The normalized spacial score (nSPS) is 19.8. The summed E-state index contributed by atoms with van der Waals surface area (Å²) in [4.78, 5) is 1.04. The Labute approximate surface area is 133 Å². The highest BCUT2D eigenvalue weighted by Crippen LogP contribution is 2.34. The van der Waals surface area contributed by atoms with Crippen LogP contribution in [0, 0.1) is 11.8 Å². The van der Waals surface area contributed by atoms with Crippen LogP contribution < -0.4 is 0 Å². The molecule has 0 aromatic heterocycles. The molecule has 2 unspecified atom stereocenters. The highest BCUT2D eigenvalue weighted by Gasteiger charge is 2.22. The number of allylic oxidation sites excluding steroid dienone is 2. The van der Waals surface area contributed by atoms with Gasteiger partial charge in [0.15, 0.2) is 0 Å². The summed E-state index contributed by atoms with van der Waals surface area (Å²) in [7, 11) is 0. The summed E-state index contributed by atoms with van der Waals surface area (Å²) in [5, 5.41) is 2.62. The van der Waals surface area contributed by atoms with Crippen LogP contribution >= 0.6 is 12.6 Å². The van der Waals surface area contributed by atoms with Gasteiger partial charge in [-0.15, -0.1) is 12.6 Å². The zero-order valence-corrected chi connectivity index (χ0v) is 13.9. The van der Waals surface area contributed by atoms with Gasteiger partial charge < -0.3 is 0 Å². The lowest BCUT2D eigenvalue weighted by molar-refractivity contribution is 0.375. The molecule has 0 amide bonds. The first-order valence-electron chi connectivity index (χ1n) is 8.04. The molecule has 0 aliphatic heterocycles. The highest BCUT2D eigenvalue weighted by molar-refractivity contribution is 7.80. The molecule has 3 rings (SSSR count). The first-order valence-corrected chi connectivity index (χ1v) is 8.49. The molecule has 0 fully saturated rings. The van der Waals surface area contributed by atoms with Crippen molar-refractivity contribution < 1.29 is 0 Å². The molecule has 0 nitrogen and oxygen atoms in total. The summed E-state index contributed by atoms with van der Waals surface area (Å²) in [5.74, 6) is 1.56. The largest absolute Gasteiger partial charge is 0.143 e. The van der Waals surface area contributed by atoms with Crippen LogP contribution in [0.3, 0.4) is 0 Å². The van der Waals surface area contributed by atoms with Crippen molar-refractivity contribution in [2.75, 3.05) is 0 Å². The zero-order chi connectivity index (χ0) is 14.8. The van der Waals surface area contributed by atoms with Crippen LogP contribution in [0.5, 0.6) is 0 Å². The Kier molecular flexibility index (Phi) is 4.40. The van der Waals surface area contributed by atoms with Crippen molar-refractivity contribution in [3.8, 4) is 0 Å². The van der Waals surface area contributed by atoms with Gasteiger partial charge >= 0.3 is 0 Å². The van der Waals surface area contributed by atoms with Gasteiger partial charge in [0.25, 0.3) is 0 Å². The van der Waals surface area contributed by atoms with Crippen LogP contribution in [0.25, 0.3) is 10.8 Å². The summed E-state index contributed by atoms with van der Waals surface area (Å²) in [6, 6.07) is 13.3. The molecule has 0 radical (unpaired) electrons. The monoisotopic (exact) mass is 296 g/mol. The maximum absolute atomic E-state index is 4.42. The molecule has 1 aliphatic carbocycles. The predicted octanol–water partition coefficient (Wildman–Crippen LogP) is 6.05. The van der Waals surface area contributed by atoms with E-state index in [9.17, 15) is 0 Å². The summed E-state index contributed by atoms with van der Waals surface area (Å²) < 4.78 is 0. The Morgan fingerprint density at radius 2 is 1.90 bits per heavy atom. The molecule has 0 heterocycles. The van der Waals surface area contributed by atoms with Crippen LogP contribution in [-0.4, -0.2) is 0 Å². The van der Waals surface area contributed by atoms with Crippen LogP contribution in [0.1, 0.15) is 38.7 Å². The van der Waals surface area contributed by atoms with Gasteiger partial charge in [-0.05, 0) is 66.5 Å². The fourth-order valence-corrected chi connectivity index (χ4v) is 3.82. The van der Waals surface area contributed by atoms with Gasteiger partial charge in [0.1, 0.15) is 0 Å². The van der Waals surface area contributed by atoms with E-state index in [0.717, 1.165) is 16.7 Å². The quantitative estimate of drug-likeness (QED) is 0.515. The molecule has 0 spiro atoms. The van der Waals surface area contributed by atoms with Gasteiger partial charge in [-0.3, -0.25) is 0 Å². The Morgan fingerprint density at radius 3 is 2.62 bits per heavy atom. The van der Waals surface area contributed by atoms with E-state index >= 15 is 0 Å². The van der Waals surface area contributed by atoms with Gasteiger partial charge in [-0.2, -0.15) is 0 Å². The number of rotatable bonds is 4. The Hall–Kier alpha value is -1.21. The molecule has 0 N–H and O–H groups in total. The average molecular weight is 296 g/mol. The number of benzene rings is 2. The summed E-state index contributed by atoms with van der Waals surface area (Å²) in [6.45, 7) is 4.61. The van der Waals surface area contributed by atoms with E-state index in [2.05, 4.69) is 69.0 Å². The molecule has 0 saturated carbocycles. The van der Waals surface area contributed by atoms with E-state index in [-0.39, 0.29) is 0 Å². The fraction of sp³-hybridized carbons (Fsp3) is 0.400. The van der Waals surface area contributed by atoms with Crippen LogP contribution in [-0.2, 0) is 6.42 Å². The lowest BCUT2D eigenvalue weighted by Gasteiger charge is -2.21. The standard InChI is InChI=1S/C20H24S/c1-3-16(17-6-4-14(2)10-17)11-15-5-7-19-13-20(21)9-8-18(19)12-15/h5,7-10,12-13,16-17,21H,3-4,6,11H2,1-2H3. The summed E-state index contributed by atoms with van der Waals surface area (Å²) in [5.41, 5.74) is 3.05. The minimum atomic E-state index is 0.782. The van der Waals surface area contributed by atoms with Crippen molar-refractivity contribution >= 4 is 23.4 Å². The van der Waals surface area contributed by atoms with Gasteiger partial charge in [0.2, 0.25) is 0 Å². The molecule has 1 heteroatoms. The number of hydrogen-bond acceptors (Lipinski definition) is 1. The van der Waals surface area contributed by atoms with Crippen LogP contribution in [0.2, 0.25) is 0 Å². The van der Waals surface area contributed by atoms with Crippen molar-refractivity contribution in [1.82, 2.24) is 0 Å². The van der Waals surface area contributed by atoms with Crippen molar-refractivity contribution in [2.45, 2.75) is 44.4 Å². The van der Waals surface area contributed by atoms with E-state index in [1.54, 1.807) is 5.57 Å². The average Bonchev–Trinajstić information content (AvgIpc) is 2.91. The molecule has 0 saturated heterocycles. The Balaban J connectivity index is 1.81. The third kappa shape index (κ3) is 3.35. The molecule has 2 atom stereocenters. The maximum atomic E-state index is 4.42. The molecular weight excluding hydrogens is 272 g/mol. The van der Waals surface area contributed by atoms with E-state index in [4.69, 9.17) is 0 Å². The van der Waals surface area contributed by atoms with E-state index in [1.165, 1.54) is 42.0 Å². The van der Waals surface area contributed by atoms with E-state index in [0.29, 0.717) is 0 Å². The third-order valence-electron chi connectivity index (χ3n) is 4.89. The van der Waals surface area contributed by atoms with Gasteiger partial charge in [-0.1, -0.05) is 49.3 Å². The zero-order valence-electron chi connectivity index (χ0n) is 13.0. The lowest BCUT2D eigenvalue weighted by atomic mass is 9.84. The second-order valence-corrected chi connectivity index (χ2v) is 6.97. The van der Waals surface area contributed by atoms with Crippen molar-refractivity contribution in [1.29, 1.82) is 0 Å². The number of fused-ring (bicyclic) bond motifs is 1. The van der Waals surface area contributed by atoms with Gasteiger partial charge in [0, 0.05) is 4.90 Å². The summed E-state index contributed by atoms with van der Waals surface area (Å²) in [6.07, 6.45) is 7.62. The topological polar surface area (TPSA) is 0 Å². The molecule has 2 aromatic carbocycles. The molecule has 2 aromatic rings. The van der Waals surface area contributed by atoms with E-state index < -0.39 is 0 Å². The number of hydrogen-bond donors (Lipinski definition) is 1. The van der Waals surface area contributed by atoms with Crippen molar-refractivity contribution in [3.05, 3.63) is 53.6 Å². The van der Waals surface area contributed by atoms with Crippen LogP contribution in [0.15, 0.2) is 52.9 Å². The van der Waals surface area contributed by atoms with Crippen molar-refractivity contribution in [3.63, 3.8) is 0 Å². The minimum Gasteiger partial charge on any atom is -0.143 e.